The molecule has 0 saturated heterocycles. The third-order valence-electron chi connectivity index (χ3n) is 3.04. The number of nitrogens with zero attached hydrogens (tertiary/aromatic N) is 1. The molecule has 0 spiro atoms. The van der Waals surface area contributed by atoms with Crippen LogP contribution in [0.2, 0.25) is 0 Å². The summed E-state index contributed by atoms with van der Waals surface area (Å²) >= 11 is 2.20. The number of hydrazone groups is 1. The van der Waals surface area contributed by atoms with E-state index >= 15 is 0 Å². The van der Waals surface area contributed by atoms with E-state index in [-0.39, 0.29) is 5.91 Å². The minimum Gasteiger partial charge on any atom is -0.490 e. The summed E-state index contributed by atoms with van der Waals surface area (Å²) < 4.78 is 12.2. The van der Waals surface area contributed by atoms with Crippen molar-refractivity contribution >= 4 is 34.7 Å². The number of carbonyl (C=O) groups excluding carboxylic acids is 1. The van der Waals surface area contributed by atoms with Gasteiger partial charge in [-0.3, -0.25) is 4.79 Å². The van der Waals surface area contributed by atoms with Crippen LogP contribution in [0.25, 0.3) is 0 Å². The molecule has 0 aliphatic rings. The number of benzene rings is 2. The van der Waals surface area contributed by atoms with Gasteiger partial charge in [-0.2, -0.15) is 5.10 Å². The predicted octanol–water partition coefficient (Wildman–Crippen LogP) is 3.85. The number of carbonyl (C=O) groups is 1. The zero-order valence-electron chi connectivity index (χ0n) is 13.6. The van der Waals surface area contributed by atoms with Crippen molar-refractivity contribution in [3.63, 3.8) is 0 Å². The first-order valence-corrected chi connectivity index (χ1v) is 8.71. The van der Waals surface area contributed by atoms with Crippen LogP contribution in [0.4, 0.5) is 0 Å². The molecule has 0 aliphatic heterocycles. The fourth-order valence-corrected chi connectivity index (χ4v) is 2.81. The quantitative estimate of drug-likeness (QED) is 0.406. The van der Waals surface area contributed by atoms with E-state index in [9.17, 15) is 4.79 Å². The Labute approximate surface area is 155 Å². The molecule has 2 aromatic carbocycles. The molecule has 0 radical (unpaired) electrons. The van der Waals surface area contributed by atoms with E-state index in [4.69, 9.17) is 9.47 Å². The number of rotatable bonds is 7. The van der Waals surface area contributed by atoms with Gasteiger partial charge < -0.3 is 9.47 Å². The molecule has 0 saturated carbocycles. The fraction of sp³-hybridized carbons (Fsp3) is 0.222. The molecule has 6 heteroatoms. The molecule has 0 aliphatic carbocycles. The number of hydrogen-bond acceptors (Lipinski definition) is 4. The van der Waals surface area contributed by atoms with Crippen LogP contribution in [0.1, 0.15) is 29.8 Å². The van der Waals surface area contributed by atoms with Crippen LogP contribution in [-0.4, -0.2) is 25.3 Å². The Balaban J connectivity index is 2.12. The smallest absolute Gasteiger partial charge is 0.271 e. The molecular formula is C18H19IN2O3. The summed E-state index contributed by atoms with van der Waals surface area (Å²) in [6.45, 7) is 4.96. The van der Waals surface area contributed by atoms with Gasteiger partial charge in [-0.1, -0.05) is 18.2 Å². The first-order valence-electron chi connectivity index (χ1n) is 7.63. The molecule has 1 N–H and O–H groups in total. The van der Waals surface area contributed by atoms with Gasteiger partial charge in [-0.05, 0) is 66.3 Å². The predicted molar refractivity (Wildman–Crippen MR) is 103 cm³/mol. The van der Waals surface area contributed by atoms with Gasteiger partial charge in [0.15, 0.2) is 11.5 Å². The molecule has 5 nitrogen and oxygen atoms in total. The minimum absolute atomic E-state index is 0.252. The first-order chi connectivity index (χ1) is 11.7. The molecule has 0 bridgehead atoms. The largest absolute Gasteiger partial charge is 0.490 e. The van der Waals surface area contributed by atoms with E-state index < -0.39 is 0 Å². The molecule has 0 unspecified atom stereocenters. The van der Waals surface area contributed by atoms with Gasteiger partial charge in [0.2, 0.25) is 0 Å². The van der Waals surface area contributed by atoms with Gasteiger partial charge >= 0.3 is 0 Å². The number of ether oxygens (including phenoxy) is 2. The molecule has 2 rings (SSSR count). The zero-order valence-corrected chi connectivity index (χ0v) is 15.7. The number of amides is 1. The third-order valence-corrected chi connectivity index (χ3v) is 3.84. The Morgan fingerprint density at radius 1 is 1.17 bits per heavy atom. The lowest BCUT2D eigenvalue weighted by Crippen LogP contribution is -2.17. The Hall–Kier alpha value is -2.09. The van der Waals surface area contributed by atoms with Crippen molar-refractivity contribution in [2.45, 2.75) is 13.8 Å². The van der Waals surface area contributed by atoms with E-state index in [2.05, 4.69) is 33.1 Å². The molecule has 0 heterocycles. The van der Waals surface area contributed by atoms with Crippen LogP contribution in [-0.2, 0) is 0 Å². The second kappa shape index (κ2) is 9.27. The van der Waals surface area contributed by atoms with Gasteiger partial charge in [0, 0.05) is 5.56 Å². The molecule has 1 amide bonds. The first kappa shape index (κ1) is 18.3. The monoisotopic (exact) mass is 438 g/mol. The van der Waals surface area contributed by atoms with Crippen molar-refractivity contribution in [1.29, 1.82) is 0 Å². The zero-order chi connectivity index (χ0) is 17.4. The summed E-state index contributed by atoms with van der Waals surface area (Å²) in [5.41, 5.74) is 3.89. The van der Waals surface area contributed by atoms with Crippen molar-refractivity contribution in [3.8, 4) is 11.5 Å². The maximum atomic E-state index is 11.9. The van der Waals surface area contributed by atoms with E-state index in [0.29, 0.717) is 24.5 Å². The highest BCUT2D eigenvalue weighted by molar-refractivity contribution is 14.1. The van der Waals surface area contributed by atoms with Crippen molar-refractivity contribution in [1.82, 2.24) is 5.43 Å². The molecule has 0 aromatic heterocycles. The lowest BCUT2D eigenvalue weighted by Gasteiger charge is -2.13. The number of hydrogen-bond donors (Lipinski definition) is 1. The molecular weight excluding hydrogens is 419 g/mol. The van der Waals surface area contributed by atoms with E-state index in [1.54, 1.807) is 18.3 Å². The van der Waals surface area contributed by atoms with Gasteiger partial charge in [0.05, 0.1) is 23.0 Å². The normalized spacial score (nSPS) is 10.6. The van der Waals surface area contributed by atoms with E-state index in [1.807, 2.05) is 44.2 Å². The molecule has 0 atom stereocenters. The lowest BCUT2D eigenvalue weighted by molar-refractivity contribution is 0.0955. The van der Waals surface area contributed by atoms with Crippen LogP contribution >= 0.6 is 22.6 Å². The number of halogens is 1. The molecule has 2 aromatic rings. The van der Waals surface area contributed by atoms with Crippen LogP contribution in [0.5, 0.6) is 11.5 Å². The SMILES string of the molecule is CCOc1cc(C=NNC(=O)c2ccccc2)cc(I)c1OCC. The van der Waals surface area contributed by atoms with Crippen LogP contribution in [0.15, 0.2) is 47.6 Å². The average Bonchev–Trinajstić information content (AvgIpc) is 2.59. The van der Waals surface area contributed by atoms with Crippen LogP contribution < -0.4 is 14.9 Å². The second-order valence-corrected chi connectivity index (χ2v) is 5.92. The standard InChI is InChI=1S/C18H19IN2O3/c1-3-23-16-11-13(10-15(19)17(16)24-4-2)12-20-21-18(22)14-8-6-5-7-9-14/h5-12H,3-4H2,1-2H3,(H,21,22). The molecule has 126 valence electrons. The van der Waals surface area contributed by atoms with Crippen molar-refractivity contribution < 1.29 is 14.3 Å². The second-order valence-electron chi connectivity index (χ2n) is 4.76. The lowest BCUT2D eigenvalue weighted by atomic mass is 10.2. The summed E-state index contributed by atoms with van der Waals surface area (Å²) in [6.07, 6.45) is 1.58. The summed E-state index contributed by atoms with van der Waals surface area (Å²) in [5.74, 6) is 1.14. The summed E-state index contributed by atoms with van der Waals surface area (Å²) in [5, 5.41) is 4.01. The highest BCUT2D eigenvalue weighted by Crippen LogP contribution is 2.33. The summed E-state index contributed by atoms with van der Waals surface area (Å²) in [7, 11) is 0. The molecule has 24 heavy (non-hydrogen) atoms. The topological polar surface area (TPSA) is 59.9 Å². The van der Waals surface area contributed by atoms with Gasteiger partial charge in [0.25, 0.3) is 5.91 Å². The Bertz CT molecular complexity index is 718. The summed E-state index contributed by atoms with van der Waals surface area (Å²) in [6, 6.07) is 12.7. The fourth-order valence-electron chi connectivity index (χ4n) is 2.03. The maximum Gasteiger partial charge on any atom is 0.271 e. The van der Waals surface area contributed by atoms with Crippen molar-refractivity contribution in [3.05, 3.63) is 57.2 Å². The van der Waals surface area contributed by atoms with Crippen molar-refractivity contribution in [2.24, 2.45) is 5.10 Å². The van der Waals surface area contributed by atoms with Crippen molar-refractivity contribution in [2.75, 3.05) is 13.2 Å². The Morgan fingerprint density at radius 2 is 1.88 bits per heavy atom. The summed E-state index contributed by atoms with van der Waals surface area (Å²) in [4.78, 5) is 11.9. The van der Waals surface area contributed by atoms with Gasteiger partial charge in [-0.15, -0.1) is 0 Å². The maximum absolute atomic E-state index is 11.9. The van der Waals surface area contributed by atoms with Gasteiger partial charge in [0.1, 0.15) is 0 Å². The Morgan fingerprint density at radius 3 is 2.54 bits per heavy atom. The minimum atomic E-state index is -0.252. The van der Waals surface area contributed by atoms with E-state index in [0.717, 1.165) is 14.9 Å². The highest BCUT2D eigenvalue weighted by atomic mass is 127. The highest BCUT2D eigenvalue weighted by Gasteiger charge is 2.11. The average molecular weight is 438 g/mol. The number of nitrogens with one attached hydrogen (secondary N) is 1. The Kier molecular flexibility index (Phi) is 7.05. The third kappa shape index (κ3) is 4.95. The van der Waals surface area contributed by atoms with E-state index in [1.165, 1.54) is 0 Å². The molecule has 0 fully saturated rings. The van der Waals surface area contributed by atoms with Gasteiger partial charge in [-0.25, -0.2) is 5.43 Å². The van der Waals surface area contributed by atoms with Crippen LogP contribution in [0, 0.1) is 3.57 Å². The van der Waals surface area contributed by atoms with Crippen LogP contribution in [0.3, 0.4) is 0 Å².